The standard InChI is InChI=1S/C22H15ClFN3O2S/c1-12-5-8-18-19(9-12)29-21(26-18)16-11-15(6-7-17(16)23)25-22(30)27-20(28)13-3-2-4-14(24)10-13/h2-11H,1H3,(H2,25,27,28,30). The first-order valence-electron chi connectivity index (χ1n) is 8.94. The summed E-state index contributed by atoms with van der Waals surface area (Å²) in [6.45, 7) is 1.97. The molecule has 4 aromatic rings. The van der Waals surface area contributed by atoms with E-state index in [0.29, 0.717) is 27.7 Å². The summed E-state index contributed by atoms with van der Waals surface area (Å²) >= 11 is 11.5. The third kappa shape index (κ3) is 4.32. The number of amides is 1. The van der Waals surface area contributed by atoms with Crippen molar-refractivity contribution in [3.63, 3.8) is 0 Å². The van der Waals surface area contributed by atoms with Crippen molar-refractivity contribution >= 4 is 51.6 Å². The molecule has 0 aliphatic rings. The SMILES string of the molecule is Cc1ccc2nc(-c3cc(NC(=S)NC(=O)c4cccc(F)c4)ccc3Cl)oc2c1. The number of hydrogen-bond donors (Lipinski definition) is 2. The molecule has 0 unspecified atom stereocenters. The van der Waals surface area contributed by atoms with Gasteiger partial charge in [-0.05, 0) is 73.2 Å². The molecular weight excluding hydrogens is 425 g/mol. The van der Waals surface area contributed by atoms with Gasteiger partial charge in [0.15, 0.2) is 10.7 Å². The van der Waals surface area contributed by atoms with Gasteiger partial charge in [0, 0.05) is 11.3 Å². The molecule has 30 heavy (non-hydrogen) atoms. The molecule has 0 saturated heterocycles. The van der Waals surface area contributed by atoms with E-state index in [1.54, 1.807) is 18.2 Å². The number of carbonyl (C=O) groups is 1. The molecule has 0 spiro atoms. The van der Waals surface area contributed by atoms with Crippen LogP contribution in [0.3, 0.4) is 0 Å². The number of fused-ring (bicyclic) bond motifs is 1. The Balaban J connectivity index is 1.54. The molecular formula is C22H15ClFN3O2S. The number of benzene rings is 3. The summed E-state index contributed by atoms with van der Waals surface area (Å²) in [6, 6.07) is 16.2. The number of thiocarbonyl (C=S) groups is 1. The Bertz CT molecular complexity index is 1290. The minimum Gasteiger partial charge on any atom is -0.436 e. The first-order chi connectivity index (χ1) is 14.4. The summed E-state index contributed by atoms with van der Waals surface area (Å²) in [4.78, 5) is 16.7. The third-order valence-corrected chi connectivity index (χ3v) is 4.85. The average molecular weight is 440 g/mol. The number of nitrogens with zero attached hydrogens (tertiary/aromatic N) is 1. The minimum absolute atomic E-state index is 0.0609. The lowest BCUT2D eigenvalue weighted by molar-refractivity contribution is 0.0977. The van der Waals surface area contributed by atoms with Crippen LogP contribution in [0.15, 0.2) is 65.1 Å². The van der Waals surface area contributed by atoms with Crippen molar-refractivity contribution < 1.29 is 13.6 Å². The number of anilines is 1. The number of hydrogen-bond acceptors (Lipinski definition) is 4. The molecule has 0 bridgehead atoms. The molecule has 150 valence electrons. The summed E-state index contributed by atoms with van der Waals surface area (Å²) in [6.07, 6.45) is 0. The van der Waals surface area contributed by atoms with Gasteiger partial charge in [-0.1, -0.05) is 23.7 Å². The summed E-state index contributed by atoms with van der Waals surface area (Å²) in [5.41, 5.74) is 3.77. The second-order valence-electron chi connectivity index (χ2n) is 6.60. The molecule has 0 saturated carbocycles. The van der Waals surface area contributed by atoms with E-state index < -0.39 is 11.7 Å². The molecule has 4 rings (SSSR count). The topological polar surface area (TPSA) is 67.2 Å². The van der Waals surface area contributed by atoms with Gasteiger partial charge in [0.1, 0.15) is 11.3 Å². The van der Waals surface area contributed by atoms with Crippen LogP contribution in [0, 0.1) is 12.7 Å². The van der Waals surface area contributed by atoms with Crippen molar-refractivity contribution in [2.75, 3.05) is 5.32 Å². The van der Waals surface area contributed by atoms with Gasteiger partial charge < -0.3 is 9.73 Å². The predicted molar refractivity (Wildman–Crippen MR) is 119 cm³/mol. The van der Waals surface area contributed by atoms with Crippen molar-refractivity contribution in [1.29, 1.82) is 0 Å². The lowest BCUT2D eigenvalue weighted by atomic mass is 10.2. The first-order valence-corrected chi connectivity index (χ1v) is 9.73. The second-order valence-corrected chi connectivity index (χ2v) is 7.42. The molecule has 0 aliphatic carbocycles. The lowest BCUT2D eigenvalue weighted by Gasteiger charge is -2.11. The van der Waals surface area contributed by atoms with Gasteiger partial charge in [0.2, 0.25) is 5.89 Å². The maximum absolute atomic E-state index is 13.3. The molecule has 8 heteroatoms. The third-order valence-electron chi connectivity index (χ3n) is 4.31. The lowest BCUT2D eigenvalue weighted by Crippen LogP contribution is -2.34. The highest BCUT2D eigenvalue weighted by atomic mass is 35.5. The van der Waals surface area contributed by atoms with Gasteiger partial charge in [-0.2, -0.15) is 0 Å². The van der Waals surface area contributed by atoms with Crippen LogP contribution in [0.2, 0.25) is 5.02 Å². The molecule has 1 aromatic heterocycles. The van der Waals surface area contributed by atoms with E-state index in [1.807, 2.05) is 25.1 Å². The Morgan fingerprint density at radius 1 is 1.13 bits per heavy atom. The number of halogens is 2. The van der Waals surface area contributed by atoms with Crippen molar-refractivity contribution in [3.8, 4) is 11.5 Å². The van der Waals surface area contributed by atoms with Crippen molar-refractivity contribution in [1.82, 2.24) is 10.3 Å². The van der Waals surface area contributed by atoms with E-state index in [4.69, 9.17) is 28.2 Å². The van der Waals surface area contributed by atoms with E-state index in [0.717, 1.165) is 17.1 Å². The number of aryl methyl sites for hydroxylation is 1. The largest absolute Gasteiger partial charge is 0.436 e. The van der Waals surface area contributed by atoms with E-state index in [1.165, 1.54) is 18.2 Å². The fourth-order valence-corrected chi connectivity index (χ4v) is 3.29. The van der Waals surface area contributed by atoms with Crippen molar-refractivity contribution in [3.05, 3.63) is 82.6 Å². The van der Waals surface area contributed by atoms with Crippen LogP contribution in [0.5, 0.6) is 0 Å². The molecule has 1 heterocycles. The van der Waals surface area contributed by atoms with Crippen LogP contribution in [0.25, 0.3) is 22.6 Å². The Labute approximate surface area is 181 Å². The molecule has 0 radical (unpaired) electrons. The zero-order valence-corrected chi connectivity index (χ0v) is 17.3. The van der Waals surface area contributed by atoms with Crippen LogP contribution < -0.4 is 10.6 Å². The quantitative estimate of drug-likeness (QED) is 0.399. The van der Waals surface area contributed by atoms with E-state index in [9.17, 15) is 9.18 Å². The predicted octanol–water partition coefficient (Wildman–Crippen LogP) is 5.72. The zero-order chi connectivity index (χ0) is 21.3. The van der Waals surface area contributed by atoms with Gasteiger partial charge in [-0.3, -0.25) is 10.1 Å². The summed E-state index contributed by atoms with van der Waals surface area (Å²) in [7, 11) is 0. The average Bonchev–Trinajstić information content (AvgIpc) is 3.12. The molecule has 2 N–H and O–H groups in total. The Kier molecular flexibility index (Phi) is 5.48. The van der Waals surface area contributed by atoms with E-state index in [-0.39, 0.29) is 10.7 Å². The Morgan fingerprint density at radius 3 is 2.77 bits per heavy atom. The number of oxazole rings is 1. The molecule has 5 nitrogen and oxygen atoms in total. The molecule has 3 aromatic carbocycles. The van der Waals surface area contributed by atoms with Crippen molar-refractivity contribution in [2.45, 2.75) is 6.92 Å². The van der Waals surface area contributed by atoms with E-state index in [2.05, 4.69) is 15.6 Å². The van der Waals surface area contributed by atoms with E-state index >= 15 is 0 Å². The molecule has 0 aliphatic heterocycles. The van der Waals surface area contributed by atoms with Crippen molar-refractivity contribution in [2.24, 2.45) is 0 Å². The fourth-order valence-electron chi connectivity index (χ4n) is 2.88. The van der Waals surface area contributed by atoms with Gasteiger partial charge in [0.05, 0.1) is 10.6 Å². The highest BCUT2D eigenvalue weighted by Crippen LogP contribution is 2.32. The van der Waals surface area contributed by atoms with Gasteiger partial charge in [-0.25, -0.2) is 9.37 Å². The highest BCUT2D eigenvalue weighted by Gasteiger charge is 2.14. The molecule has 1 amide bonds. The Hall–Kier alpha value is -3.29. The van der Waals surface area contributed by atoms with Crippen LogP contribution in [-0.4, -0.2) is 16.0 Å². The fraction of sp³-hybridized carbons (Fsp3) is 0.0455. The van der Waals surface area contributed by atoms with Crippen LogP contribution in [0.1, 0.15) is 15.9 Å². The maximum Gasteiger partial charge on any atom is 0.257 e. The summed E-state index contributed by atoms with van der Waals surface area (Å²) in [5, 5.41) is 5.95. The smallest absolute Gasteiger partial charge is 0.257 e. The van der Waals surface area contributed by atoms with Gasteiger partial charge >= 0.3 is 0 Å². The summed E-state index contributed by atoms with van der Waals surface area (Å²) < 4.78 is 19.1. The Morgan fingerprint density at radius 2 is 1.97 bits per heavy atom. The minimum atomic E-state index is -0.518. The van der Waals surface area contributed by atoms with Crippen LogP contribution in [-0.2, 0) is 0 Å². The van der Waals surface area contributed by atoms with Gasteiger partial charge in [-0.15, -0.1) is 0 Å². The molecule has 0 fully saturated rings. The normalized spacial score (nSPS) is 10.8. The molecule has 0 atom stereocenters. The first kappa shape index (κ1) is 20.0. The maximum atomic E-state index is 13.3. The second kappa shape index (κ2) is 8.22. The summed E-state index contributed by atoms with van der Waals surface area (Å²) in [5.74, 6) is -0.646. The van der Waals surface area contributed by atoms with Crippen LogP contribution >= 0.6 is 23.8 Å². The van der Waals surface area contributed by atoms with Crippen LogP contribution in [0.4, 0.5) is 10.1 Å². The monoisotopic (exact) mass is 439 g/mol. The number of aromatic nitrogens is 1. The zero-order valence-electron chi connectivity index (χ0n) is 15.7. The number of nitrogens with one attached hydrogen (secondary N) is 2. The van der Waals surface area contributed by atoms with Gasteiger partial charge in [0.25, 0.3) is 5.91 Å². The number of carbonyl (C=O) groups excluding carboxylic acids is 1. The number of rotatable bonds is 3. The highest BCUT2D eigenvalue weighted by molar-refractivity contribution is 7.80.